The Morgan fingerprint density at radius 3 is 0.848 bits per heavy atom. The van der Waals surface area contributed by atoms with Gasteiger partial charge in [-0.3, -0.25) is 4.79 Å². The zero-order chi connectivity index (χ0) is 99.4. The Morgan fingerprint density at radius 1 is 0.288 bits per heavy atom. The summed E-state index contributed by atoms with van der Waals surface area (Å²) in [7, 11) is 0. The van der Waals surface area contributed by atoms with Crippen molar-refractivity contribution in [3.63, 3.8) is 0 Å². The Hall–Kier alpha value is -9.53. The number of rotatable bonds is 10. The highest BCUT2D eigenvalue weighted by Crippen LogP contribution is 2.57. The molecule has 132 heavy (non-hydrogen) atoms. The van der Waals surface area contributed by atoms with Gasteiger partial charge in [-0.15, -0.1) is 0 Å². The molecule has 0 amide bonds. The Morgan fingerprint density at radius 2 is 0.561 bits per heavy atom. The molecule has 714 valence electrons. The molecule has 3 fully saturated rings. The van der Waals surface area contributed by atoms with Crippen LogP contribution in [0.25, 0.3) is 22.3 Å². The Labute approximate surface area is 796 Å². The number of alkyl halides is 6. The quantitative estimate of drug-likeness (QED) is 0.101. The SMILES string of the molecule is CC1C(C)C(C)C1C.CC1CC(C)C(C)C1C.CCC(C)C1CC(C)C(C)C(C)C1.Cc1cc(C)c(C)cc1C.Cc1ccc(-c2ccc(C)c(C)c2)cc1C.Cc1ccc(-c2cccc(C)c2C)cc1C.Cc1ccc(C(=O)c2ccc(C)c(C)c2)cc1C.Cc1ccc(C(c2ccc(C)c(C)c2)(C(F)(F)F)C(F)(F)F)cc1C.Cc1ccc(Oc2ccc(C)c(C)c2)cc1C. The van der Waals surface area contributed by atoms with E-state index in [0.717, 1.165) is 135 Å². The maximum atomic E-state index is 14.0. The number of hydrogen-bond donors (Lipinski definition) is 0. The molecule has 0 saturated heterocycles. The second kappa shape index (κ2) is 49.1. The fraction of sp³-hybridized carbons (Fsp3) is 0.460. The van der Waals surface area contributed by atoms with Gasteiger partial charge in [-0.25, -0.2) is 0 Å². The first-order chi connectivity index (χ1) is 61.5. The third-order valence-corrected chi connectivity index (χ3v) is 31.6. The fourth-order valence-electron chi connectivity index (χ4n) is 18.1. The van der Waals surface area contributed by atoms with Crippen molar-refractivity contribution in [3.8, 4) is 33.8 Å². The van der Waals surface area contributed by atoms with Crippen LogP contribution in [-0.2, 0) is 5.41 Å². The Kier molecular flexibility index (Phi) is 41.4. The molecule has 14 rings (SSSR count). The van der Waals surface area contributed by atoms with E-state index < -0.39 is 28.9 Å². The fourth-order valence-corrected chi connectivity index (χ4v) is 18.1. The number of carbonyl (C=O) groups is 1. The number of carbonyl (C=O) groups excluding carboxylic acids is 1. The molecular formula is C124H164F6O2. The monoisotopic (exact) mass is 1800 g/mol. The number of ketones is 1. The van der Waals surface area contributed by atoms with Crippen molar-refractivity contribution in [2.75, 3.05) is 0 Å². The largest absolute Gasteiger partial charge is 0.457 e. The number of hydrogen-bond acceptors (Lipinski definition) is 2. The van der Waals surface area contributed by atoms with Crippen molar-refractivity contribution in [2.24, 2.45) is 76.9 Å². The van der Waals surface area contributed by atoms with Crippen molar-refractivity contribution in [2.45, 2.75) is 300 Å². The summed E-state index contributed by atoms with van der Waals surface area (Å²) in [6, 6.07) is 61.4. The lowest BCUT2D eigenvalue weighted by molar-refractivity contribution is -0.288. The van der Waals surface area contributed by atoms with Crippen LogP contribution in [0.1, 0.15) is 276 Å². The molecule has 0 heterocycles. The van der Waals surface area contributed by atoms with Gasteiger partial charge in [0.25, 0.3) is 0 Å². The summed E-state index contributed by atoms with van der Waals surface area (Å²) in [6.45, 7) is 79.8. The standard InChI is InChI=1S/C19H18F6.C17H18O.C16H18O.2C16H18.C13H26.C10H14.C9H18.C8H16/c1-11-5-7-15(9-13(11)3)17(18(20,21)22,19(23,24)25)16-8-6-12(2)14(4)10-16;1-11-5-7-15(9-13(11)3)17(18)16-8-6-12(2)14(4)10-16;1-11-5-7-15(9-13(11)3)17-16-8-6-12(2)14(4)10-16;1-11-5-7-15(9-13(11)3)16-8-6-12(2)14(4)10-16;1-11-8-9-15(10-13(11)3)16-7-5-6-12(2)14(16)4;1-6-9(2)13-7-10(3)12(5)11(4)8-13;1-7-5-9(3)10(4)6-8(7)2;1-6-5-7(2)9(4)8(6)3;1-5-6(2)8(4)7(5)3/h5-10H,1-4H3;5-10H,1-4H3;5-10H,1-4H3;2*5-10H,1-4H3;9-13H,6-8H2,1-5H3;5-6H,1-4H3;6-9H,5H2,1-4H3;5-8H,1-4H3. The predicted molar refractivity (Wildman–Crippen MR) is 557 cm³/mol. The summed E-state index contributed by atoms with van der Waals surface area (Å²) in [6.07, 6.45) is -5.34. The topological polar surface area (TPSA) is 26.3 Å². The van der Waals surface area contributed by atoms with E-state index in [1.54, 1.807) is 13.8 Å². The van der Waals surface area contributed by atoms with Crippen molar-refractivity contribution in [3.05, 3.63) is 350 Å². The van der Waals surface area contributed by atoms with E-state index in [1.807, 2.05) is 62.4 Å². The normalized spacial score (nSPS) is 19.7. The zero-order valence-electron chi connectivity index (χ0n) is 87.9. The average Bonchev–Trinajstić information content (AvgIpc) is 0.739. The molecule has 3 aliphatic rings. The maximum absolute atomic E-state index is 14.0. The molecular weight excluding hydrogens is 1640 g/mol. The van der Waals surface area contributed by atoms with Crippen molar-refractivity contribution in [1.82, 2.24) is 0 Å². The minimum atomic E-state index is -5.55. The summed E-state index contributed by atoms with van der Waals surface area (Å²) in [5.41, 5.74) is 29.4. The van der Waals surface area contributed by atoms with Crippen LogP contribution in [0.15, 0.2) is 194 Å². The Balaban J connectivity index is 0.000000233. The minimum absolute atomic E-state index is 0.0983. The molecule has 3 saturated carbocycles. The summed E-state index contributed by atoms with van der Waals surface area (Å²) in [4.78, 5) is 12.4. The van der Waals surface area contributed by atoms with Crippen LogP contribution in [0.4, 0.5) is 26.3 Å². The van der Waals surface area contributed by atoms with Gasteiger partial charge in [0.05, 0.1) is 0 Å². The van der Waals surface area contributed by atoms with Gasteiger partial charge in [0.1, 0.15) is 11.5 Å². The van der Waals surface area contributed by atoms with E-state index in [9.17, 15) is 31.1 Å². The third-order valence-electron chi connectivity index (χ3n) is 31.6. The van der Waals surface area contributed by atoms with Gasteiger partial charge in [0.15, 0.2) is 5.78 Å². The van der Waals surface area contributed by atoms with Crippen molar-refractivity contribution >= 4 is 5.78 Å². The molecule has 11 aromatic rings. The highest BCUT2D eigenvalue weighted by molar-refractivity contribution is 6.09. The molecule has 0 bridgehead atoms. The molecule has 0 aliphatic heterocycles. The summed E-state index contributed by atoms with van der Waals surface area (Å²) in [5.74, 6) is 14.4. The van der Waals surface area contributed by atoms with Crippen molar-refractivity contribution < 1.29 is 35.9 Å². The zero-order valence-corrected chi connectivity index (χ0v) is 87.9. The molecule has 8 heteroatoms. The van der Waals surface area contributed by atoms with E-state index in [1.165, 1.54) is 174 Å². The van der Waals surface area contributed by atoms with Crippen LogP contribution in [0, 0.1) is 243 Å². The van der Waals surface area contributed by atoms with Crippen LogP contribution >= 0.6 is 0 Å². The van der Waals surface area contributed by atoms with Crippen LogP contribution in [0.5, 0.6) is 11.5 Å². The van der Waals surface area contributed by atoms with Crippen LogP contribution < -0.4 is 4.74 Å². The molecule has 2 nitrogen and oxygen atoms in total. The summed E-state index contributed by atoms with van der Waals surface area (Å²) >= 11 is 0. The van der Waals surface area contributed by atoms with Gasteiger partial charge < -0.3 is 4.74 Å². The molecule has 0 spiro atoms. The van der Waals surface area contributed by atoms with Gasteiger partial charge in [0, 0.05) is 11.1 Å². The van der Waals surface area contributed by atoms with Crippen LogP contribution in [-0.4, -0.2) is 18.1 Å². The van der Waals surface area contributed by atoms with E-state index >= 15 is 0 Å². The first-order valence-corrected chi connectivity index (χ1v) is 48.6. The van der Waals surface area contributed by atoms with Gasteiger partial charge >= 0.3 is 12.4 Å². The van der Waals surface area contributed by atoms with Gasteiger partial charge in [0.2, 0.25) is 5.41 Å². The number of aryl methyl sites for hydroxylation is 23. The molecule has 7 unspecified atom stereocenters. The summed E-state index contributed by atoms with van der Waals surface area (Å²) < 4.78 is 89.8. The van der Waals surface area contributed by atoms with Gasteiger partial charge in [-0.1, -0.05) is 254 Å². The second-order valence-corrected chi connectivity index (χ2v) is 40.8. The molecule has 3 aliphatic carbocycles. The van der Waals surface area contributed by atoms with E-state index in [2.05, 4.69) is 324 Å². The van der Waals surface area contributed by atoms with Gasteiger partial charge in [-0.2, -0.15) is 26.3 Å². The first-order valence-electron chi connectivity index (χ1n) is 48.6. The third kappa shape index (κ3) is 29.5. The van der Waals surface area contributed by atoms with Gasteiger partial charge in [-0.05, 0) is 466 Å². The maximum Gasteiger partial charge on any atom is 0.411 e. The van der Waals surface area contributed by atoms with E-state index in [0.29, 0.717) is 22.3 Å². The first kappa shape index (κ1) is 111. The van der Waals surface area contributed by atoms with Crippen molar-refractivity contribution in [1.29, 1.82) is 0 Å². The molecule has 0 aromatic heterocycles. The minimum Gasteiger partial charge on any atom is -0.457 e. The Bertz CT molecular complexity index is 5280. The molecule has 0 radical (unpaired) electrons. The predicted octanol–water partition coefficient (Wildman–Crippen LogP) is 37.1. The van der Waals surface area contributed by atoms with Crippen LogP contribution in [0.2, 0.25) is 0 Å². The van der Waals surface area contributed by atoms with Crippen LogP contribution in [0.3, 0.4) is 0 Å². The highest BCUT2D eigenvalue weighted by atomic mass is 19.4. The average molecular weight is 1800 g/mol. The lowest BCUT2D eigenvalue weighted by Gasteiger charge is -2.45. The molecule has 0 N–H and O–H groups in total. The highest BCUT2D eigenvalue weighted by Gasteiger charge is 2.72. The molecule has 7 atom stereocenters. The van der Waals surface area contributed by atoms with E-state index in [-0.39, 0.29) is 5.78 Å². The number of benzene rings is 11. The van der Waals surface area contributed by atoms with E-state index in [4.69, 9.17) is 4.74 Å². The number of halogens is 6. The molecule has 11 aromatic carbocycles. The lowest BCUT2D eigenvalue weighted by Crippen LogP contribution is -2.54. The summed E-state index contributed by atoms with van der Waals surface area (Å²) in [5, 5.41) is 0. The second-order valence-electron chi connectivity index (χ2n) is 40.8. The smallest absolute Gasteiger partial charge is 0.411 e. The lowest BCUT2D eigenvalue weighted by atomic mass is 9.60. The number of ether oxygens (including phenoxy) is 1.